The lowest BCUT2D eigenvalue weighted by Gasteiger charge is -2.18. The van der Waals surface area contributed by atoms with Crippen molar-refractivity contribution in [2.75, 3.05) is 0 Å². The van der Waals surface area contributed by atoms with Crippen molar-refractivity contribution < 1.29 is 0 Å². The zero-order valence-corrected chi connectivity index (χ0v) is 23.2. The van der Waals surface area contributed by atoms with E-state index in [0.717, 1.165) is 0 Å². The van der Waals surface area contributed by atoms with Crippen LogP contribution in [0.1, 0.15) is 0 Å². The first kappa shape index (κ1) is 24.3. The van der Waals surface area contributed by atoms with Gasteiger partial charge in [0.05, 0.1) is 0 Å². The van der Waals surface area contributed by atoms with Gasteiger partial charge in [-0.25, -0.2) is 0 Å². The van der Waals surface area contributed by atoms with E-state index in [0.29, 0.717) is 0 Å². The second-order valence-corrected chi connectivity index (χ2v) is 10.9. The van der Waals surface area contributed by atoms with E-state index in [9.17, 15) is 0 Å². The lowest BCUT2D eigenvalue weighted by atomic mass is 9.85. The minimum atomic E-state index is 1.23. The van der Waals surface area contributed by atoms with Gasteiger partial charge >= 0.3 is 0 Å². The van der Waals surface area contributed by atoms with Gasteiger partial charge in [0.1, 0.15) is 0 Å². The smallest absolute Gasteiger partial charge is 0.00264 e. The molecule has 0 heteroatoms. The van der Waals surface area contributed by atoms with Crippen molar-refractivity contribution in [2.24, 2.45) is 0 Å². The molecule has 0 radical (unpaired) electrons. The summed E-state index contributed by atoms with van der Waals surface area (Å²) in [6.45, 7) is 0. The predicted octanol–water partition coefficient (Wildman–Crippen LogP) is 11.8. The molecule has 196 valence electrons. The molecule has 0 aromatic heterocycles. The van der Waals surface area contributed by atoms with Crippen LogP contribution in [-0.4, -0.2) is 0 Å². The van der Waals surface area contributed by atoms with Gasteiger partial charge in [-0.1, -0.05) is 170 Å². The highest BCUT2D eigenvalue weighted by atomic mass is 14.2. The molecule has 0 saturated heterocycles. The van der Waals surface area contributed by atoms with E-state index in [-0.39, 0.29) is 0 Å². The van der Waals surface area contributed by atoms with E-state index in [4.69, 9.17) is 0 Å². The number of hydrogen-bond donors (Lipinski definition) is 0. The number of rotatable bonds is 4. The Morgan fingerprint density at radius 2 is 0.595 bits per heavy atom. The van der Waals surface area contributed by atoms with Gasteiger partial charge in [-0.2, -0.15) is 0 Å². The molecule has 0 nitrogen and oxygen atoms in total. The highest BCUT2D eigenvalue weighted by molar-refractivity contribution is 6.21. The molecular formula is C42H28. The first-order valence-electron chi connectivity index (χ1n) is 14.5. The van der Waals surface area contributed by atoms with E-state index >= 15 is 0 Å². The molecule has 42 heavy (non-hydrogen) atoms. The summed E-state index contributed by atoms with van der Waals surface area (Å²) in [7, 11) is 0. The Hall–Kier alpha value is -5.46. The fourth-order valence-electron chi connectivity index (χ4n) is 6.50. The van der Waals surface area contributed by atoms with Crippen LogP contribution in [0.2, 0.25) is 0 Å². The van der Waals surface area contributed by atoms with Crippen molar-refractivity contribution in [2.45, 2.75) is 0 Å². The molecule has 0 heterocycles. The zero-order chi connectivity index (χ0) is 27.9. The predicted molar refractivity (Wildman–Crippen MR) is 181 cm³/mol. The molecule has 0 spiro atoms. The normalized spacial score (nSPS) is 11.3. The molecule has 0 aliphatic carbocycles. The lowest BCUT2D eigenvalue weighted by Crippen LogP contribution is -1.91. The lowest BCUT2D eigenvalue weighted by molar-refractivity contribution is 1.61. The molecule has 0 N–H and O–H groups in total. The van der Waals surface area contributed by atoms with Crippen molar-refractivity contribution in [1.82, 2.24) is 0 Å². The van der Waals surface area contributed by atoms with Gasteiger partial charge < -0.3 is 0 Å². The fourth-order valence-corrected chi connectivity index (χ4v) is 6.50. The Bertz CT molecular complexity index is 2140. The van der Waals surface area contributed by atoms with Crippen LogP contribution in [0.4, 0.5) is 0 Å². The van der Waals surface area contributed by atoms with Crippen LogP contribution in [0, 0.1) is 0 Å². The average molecular weight is 533 g/mol. The Balaban J connectivity index is 1.30. The van der Waals surface area contributed by atoms with Crippen molar-refractivity contribution in [1.29, 1.82) is 0 Å². The van der Waals surface area contributed by atoms with Crippen LogP contribution in [0.5, 0.6) is 0 Å². The summed E-state index contributed by atoms with van der Waals surface area (Å²) in [6.07, 6.45) is 0. The number of hydrogen-bond acceptors (Lipinski definition) is 0. The summed E-state index contributed by atoms with van der Waals surface area (Å²) >= 11 is 0. The molecule has 0 bridgehead atoms. The van der Waals surface area contributed by atoms with E-state index in [2.05, 4.69) is 170 Å². The summed E-state index contributed by atoms with van der Waals surface area (Å²) in [4.78, 5) is 0. The Labute approximate surface area is 246 Å². The summed E-state index contributed by atoms with van der Waals surface area (Å²) in [6, 6.07) is 61.7. The molecule has 0 fully saturated rings. The molecule has 0 amide bonds. The van der Waals surface area contributed by atoms with Crippen molar-refractivity contribution in [3.63, 3.8) is 0 Å². The van der Waals surface area contributed by atoms with Gasteiger partial charge in [-0.15, -0.1) is 0 Å². The Morgan fingerprint density at radius 1 is 0.214 bits per heavy atom. The minimum Gasteiger partial charge on any atom is -0.0622 e. The third-order valence-electron chi connectivity index (χ3n) is 8.49. The summed E-state index contributed by atoms with van der Waals surface area (Å²) in [5.41, 5.74) is 10.0. The maximum Gasteiger partial charge on any atom is -0.00264 e. The third kappa shape index (κ3) is 4.08. The largest absolute Gasteiger partial charge is 0.0622 e. The molecule has 0 atom stereocenters. The van der Waals surface area contributed by atoms with Crippen molar-refractivity contribution >= 4 is 32.3 Å². The van der Waals surface area contributed by atoms with Crippen molar-refractivity contribution in [3.8, 4) is 44.5 Å². The highest BCUT2D eigenvalue weighted by Gasteiger charge is 2.16. The summed E-state index contributed by atoms with van der Waals surface area (Å²) in [5, 5.41) is 7.65. The van der Waals surface area contributed by atoms with E-state index in [1.54, 1.807) is 0 Å². The SMILES string of the molecule is c1ccc(-c2ccc(-c3c4ccccc4c(-c4ccc(-c5cccc6ccccc56)cc4)c4ccccc34)cc2)cc1. The van der Waals surface area contributed by atoms with Gasteiger partial charge in [0.25, 0.3) is 0 Å². The van der Waals surface area contributed by atoms with Gasteiger partial charge in [0.2, 0.25) is 0 Å². The Kier molecular flexibility index (Phi) is 5.90. The molecule has 0 aliphatic rings. The minimum absolute atomic E-state index is 1.23. The standard InChI is InChI=1S/C42H28/c1-2-11-29(12-3-1)30-21-25-33(26-22-30)41-37-16-6-8-18-39(37)42(40-19-9-7-17-38(40)41)34-27-23-32(24-28-34)36-20-10-14-31-13-4-5-15-35(31)36/h1-28H. The fraction of sp³-hybridized carbons (Fsp3) is 0. The Morgan fingerprint density at radius 3 is 1.14 bits per heavy atom. The summed E-state index contributed by atoms with van der Waals surface area (Å²) in [5.74, 6) is 0. The molecule has 8 aromatic rings. The van der Waals surface area contributed by atoms with Crippen molar-refractivity contribution in [3.05, 3.63) is 170 Å². The van der Waals surface area contributed by atoms with E-state index in [1.807, 2.05) is 0 Å². The highest BCUT2D eigenvalue weighted by Crippen LogP contribution is 2.44. The molecule has 0 saturated carbocycles. The molecular weight excluding hydrogens is 504 g/mol. The zero-order valence-electron chi connectivity index (χ0n) is 23.2. The van der Waals surface area contributed by atoms with Gasteiger partial charge in [-0.3, -0.25) is 0 Å². The maximum absolute atomic E-state index is 2.29. The molecule has 8 rings (SSSR count). The van der Waals surface area contributed by atoms with Gasteiger partial charge in [-0.05, 0) is 76.8 Å². The number of benzene rings is 8. The summed E-state index contributed by atoms with van der Waals surface area (Å²) < 4.78 is 0. The monoisotopic (exact) mass is 532 g/mol. The molecule has 8 aromatic carbocycles. The third-order valence-corrected chi connectivity index (χ3v) is 8.49. The maximum atomic E-state index is 2.29. The molecule has 0 aliphatic heterocycles. The van der Waals surface area contributed by atoms with Crippen LogP contribution >= 0.6 is 0 Å². The van der Waals surface area contributed by atoms with Gasteiger partial charge in [0, 0.05) is 0 Å². The quantitative estimate of drug-likeness (QED) is 0.198. The van der Waals surface area contributed by atoms with Crippen LogP contribution in [0.25, 0.3) is 76.8 Å². The van der Waals surface area contributed by atoms with Crippen LogP contribution < -0.4 is 0 Å². The van der Waals surface area contributed by atoms with Crippen LogP contribution in [0.3, 0.4) is 0 Å². The molecule has 0 unspecified atom stereocenters. The van der Waals surface area contributed by atoms with Gasteiger partial charge in [0.15, 0.2) is 0 Å². The first-order valence-corrected chi connectivity index (χ1v) is 14.5. The number of fused-ring (bicyclic) bond motifs is 3. The van der Waals surface area contributed by atoms with E-state index in [1.165, 1.54) is 76.8 Å². The van der Waals surface area contributed by atoms with Crippen LogP contribution in [-0.2, 0) is 0 Å². The topological polar surface area (TPSA) is 0 Å². The van der Waals surface area contributed by atoms with E-state index < -0.39 is 0 Å². The second kappa shape index (κ2) is 10.2. The van der Waals surface area contributed by atoms with Crippen LogP contribution in [0.15, 0.2) is 170 Å². The average Bonchev–Trinajstić information content (AvgIpc) is 3.07. The second-order valence-electron chi connectivity index (χ2n) is 10.9. The first-order chi connectivity index (χ1) is 20.8.